The van der Waals surface area contributed by atoms with Crippen LogP contribution in [0.2, 0.25) is 0 Å². The second-order valence-electron chi connectivity index (χ2n) is 6.06. The Hall–Kier alpha value is -0.870. The quantitative estimate of drug-likeness (QED) is 0.911. The summed E-state index contributed by atoms with van der Waals surface area (Å²) in [5.41, 5.74) is 1.41. The Morgan fingerprint density at radius 1 is 1.30 bits per heavy atom. The van der Waals surface area contributed by atoms with Crippen LogP contribution in [0.4, 0.5) is 0 Å². The number of aliphatic hydroxyl groups is 1. The van der Waals surface area contributed by atoms with E-state index in [4.69, 9.17) is 0 Å². The van der Waals surface area contributed by atoms with Crippen molar-refractivity contribution in [1.82, 2.24) is 4.90 Å². The van der Waals surface area contributed by atoms with Gasteiger partial charge in [-0.15, -0.1) is 11.3 Å². The first kappa shape index (κ1) is 14.1. The molecule has 20 heavy (non-hydrogen) atoms. The van der Waals surface area contributed by atoms with Crippen LogP contribution >= 0.6 is 11.3 Å². The lowest BCUT2D eigenvalue weighted by Crippen LogP contribution is -2.28. The highest BCUT2D eigenvalue weighted by molar-refractivity contribution is 7.14. The van der Waals surface area contributed by atoms with E-state index in [-0.39, 0.29) is 18.4 Å². The first-order chi connectivity index (χ1) is 9.78. The molecule has 0 saturated carbocycles. The van der Waals surface area contributed by atoms with E-state index in [1.54, 1.807) is 11.3 Å². The second kappa shape index (κ2) is 6.27. The van der Waals surface area contributed by atoms with E-state index < -0.39 is 0 Å². The molecule has 1 aromatic rings. The number of hydrogen-bond donors (Lipinski definition) is 1. The first-order valence-electron chi connectivity index (χ1n) is 7.79. The van der Waals surface area contributed by atoms with E-state index in [0.717, 1.165) is 37.2 Å². The third kappa shape index (κ3) is 2.91. The van der Waals surface area contributed by atoms with Gasteiger partial charge in [-0.3, -0.25) is 4.79 Å². The van der Waals surface area contributed by atoms with Gasteiger partial charge in [0.15, 0.2) is 0 Å². The van der Waals surface area contributed by atoms with Gasteiger partial charge in [0.1, 0.15) is 0 Å². The molecule has 1 aliphatic carbocycles. The molecule has 0 radical (unpaired) electrons. The van der Waals surface area contributed by atoms with Crippen LogP contribution in [-0.2, 0) is 12.8 Å². The minimum absolute atomic E-state index is 0.178. The smallest absolute Gasteiger partial charge is 0.263 e. The van der Waals surface area contributed by atoms with Crippen LogP contribution in [0.1, 0.15) is 52.2 Å². The van der Waals surface area contributed by atoms with Crippen molar-refractivity contribution in [1.29, 1.82) is 0 Å². The van der Waals surface area contributed by atoms with Gasteiger partial charge in [-0.1, -0.05) is 12.8 Å². The fraction of sp³-hybridized carbons (Fsp3) is 0.688. The zero-order valence-electron chi connectivity index (χ0n) is 11.9. The molecule has 1 atom stereocenters. The molecule has 2 aliphatic rings. The molecule has 4 heteroatoms. The lowest BCUT2D eigenvalue weighted by molar-refractivity contribution is 0.0786. The molecule has 1 amide bonds. The number of nitrogens with zero attached hydrogens (tertiary/aromatic N) is 1. The van der Waals surface area contributed by atoms with Crippen molar-refractivity contribution in [3.63, 3.8) is 0 Å². The summed E-state index contributed by atoms with van der Waals surface area (Å²) in [6, 6.07) is 2.14. The third-order valence-corrected chi connectivity index (χ3v) is 5.76. The molecule has 0 bridgehead atoms. The minimum Gasteiger partial charge on any atom is -0.396 e. The number of carbonyl (C=O) groups excluding carboxylic acids is 1. The van der Waals surface area contributed by atoms with E-state index in [1.165, 1.54) is 36.1 Å². The zero-order chi connectivity index (χ0) is 13.9. The fourth-order valence-electron chi connectivity index (χ4n) is 3.27. The lowest BCUT2D eigenvalue weighted by atomic mass is 10.00. The number of carbonyl (C=O) groups is 1. The van der Waals surface area contributed by atoms with Crippen LogP contribution in [0.25, 0.3) is 0 Å². The molecule has 3 rings (SSSR count). The van der Waals surface area contributed by atoms with Gasteiger partial charge >= 0.3 is 0 Å². The lowest BCUT2D eigenvalue weighted by Gasteiger charge is -2.14. The third-order valence-electron chi connectivity index (χ3n) is 4.54. The highest BCUT2D eigenvalue weighted by Crippen LogP contribution is 2.30. The summed E-state index contributed by atoms with van der Waals surface area (Å²) < 4.78 is 0. The largest absolute Gasteiger partial charge is 0.396 e. The number of likely N-dealkylation sites (tertiary alicyclic amines) is 1. The van der Waals surface area contributed by atoms with Crippen LogP contribution in [0.3, 0.4) is 0 Å². The van der Waals surface area contributed by atoms with E-state index in [2.05, 4.69) is 6.07 Å². The Morgan fingerprint density at radius 2 is 2.10 bits per heavy atom. The fourth-order valence-corrected chi connectivity index (χ4v) is 4.49. The van der Waals surface area contributed by atoms with Gasteiger partial charge in [0.05, 0.1) is 4.88 Å². The van der Waals surface area contributed by atoms with Crippen LogP contribution in [-0.4, -0.2) is 35.6 Å². The number of rotatable bonds is 2. The zero-order valence-corrected chi connectivity index (χ0v) is 12.8. The highest BCUT2D eigenvalue weighted by Gasteiger charge is 2.28. The normalized spacial score (nSPS) is 23.2. The molecule has 1 unspecified atom stereocenters. The summed E-state index contributed by atoms with van der Waals surface area (Å²) in [7, 11) is 0. The Bertz CT molecular complexity index is 457. The number of aryl methyl sites for hydroxylation is 2. The minimum atomic E-state index is 0.178. The maximum atomic E-state index is 12.6. The predicted molar refractivity (Wildman–Crippen MR) is 81.3 cm³/mol. The second-order valence-corrected chi connectivity index (χ2v) is 7.20. The van der Waals surface area contributed by atoms with Crippen molar-refractivity contribution in [3.05, 3.63) is 21.4 Å². The average molecular weight is 293 g/mol. The summed E-state index contributed by atoms with van der Waals surface area (Å²) >= 11 is 1.71. The van der Waals surface area contributed by atoms with Gasteiger partial charge in [0.2, 0.25) is 0 Å². The number of hydrogen-bond acceptors (Lipinski definition) is 3. The molecule has 110 valence electrons. The van der Waals surface area contributed by atoms with Crippen LogP contribution in [0.5, 0.6) is 0 Å². The van der Waals surface area contributed by atoms with Crippen molar-refractivity contribution in [2.75, 3.05) is 19.7 Å². The van der Waals surface area contributed by atoms with Crippen molar-refractivity contribution in [2.24, 2.45) is 5.92 Å². The van der Waals surface area contributed by atoms with Gasteiger partial charge in [-0.25, -0.2) is 0 Å². The molecule has 3 nitrogen and oxygen atoms in total. The average Bonchev–Trinajstić information content (AvgIpc) is 3.05. The van der Waals surface area contributed by atoms with E-state index in [0.29, 0.717) is 0 Å². The van der Waals surface area contributed by atoms with Crippen molar-refractivity contribution in [2.45, 2.75) is 44.9 Å². The van der Waals surface area contributed by atoms with Gasteiger partial charge in [0, 0.05) is 30.5 Å². The summed E-state index contributed by atoms with van der Waals surface area (Å²) in [4.78, 5) is 16.8. The van der Waals surface area contributed by atoms with Crippen LogP contribution < -0.4 is 0 Å². The Morgan fingerprint density at radius 3 is 2.85 bits per heavy atom. The van der Waals surface area contributed by atoms with Gasteiger partial charge < -0.3 is 10.0 Å². The molecule has 0 spiro atoms. The maximum absolute atomic E-state index is 12.6. The molecule has 1 aliphatic heterocycles. The summed E-state index contributed by atoms with van der Waals surface area (Å²) in [6.45, 7) is 1.72. The summed E-state index contributed by atoms with van der Waals surface area (Å²) in [5.74, 6) is 0.456. The molecule has 1 N–H and O–H groups in total. The van der Waals surface area contributed by atoms with E-state index >= 15 is 0 Å². The molecular formula is C16H23NO2S. The number of aliphatic hydroxyl groups excluding tert-OH is 1. The number of fused-ring (bicyclic) bond motifs is 1. The summed E-state index contributed by atoms with van der Waals surface area (Å²) in [5, 5.41) is 9.20. The van der Waals surface area contributed by atoms with Crippen LogP contribution in [0.15, 0.2) is 6.07 Å². The topological polar surface area (TPSA) is 40.5 Å². The van der Waals surface area contributed by atoms with Crippen molar-refractivity contribution < 1.29 is 9.90 Å². The summed E-state index contributed by atoms with van der Waals surface area (Å²) in [6.07, 6.45) is 8.39. The Kier molecular flexibility index (Phi) is 4.41. The maximum Gasteiger partial charge on any atom is 0.263 e. The van der Waals surface area contributed by atoms with Gasteiger partial charge in [-0.05, 0) is 43.7 Å². The van der Waals surface area contributed by atoms with Crippen molar-refractivity contribution in [3.8, 4) is 0 Å². The van der Waals surface area contributed by atoms with Crippen molar-refractivity contribution >= 4 is 17.2 Å². The standard InChI is InChI=1S/C16H23NO2S/c18-11-12-7-8-17(10-12)16(19)15-9-13-5-3-1-2-4-6-14(13)20-15/h9,12,18H,1-8,10-11H2. The van der Waals surface area contributed by atoms with Gasteiger partial charge in [-0.2, -0.15) is 0 Å². The highest BCUT2D eigenvalue weighted by atomic mass is 32.1. The molecule has 1 fully saturated rings. The van der Waals surface area contributed by atoms with Crippen LogP contribution in [0, 0.1) is 5.92 Å². The first-order valence-corrected chi connectivity index (χ1v) is 8.61. The predicted octanol–water partition coefficient (Wildman–Crippen LogP) is 2.86. The monoisotopic (exact) mass is 293 g/mol. The molecule has 1 aromatic heterocycles. The van der Waals surface area contributed by atoms with Gasteiger partial charge in [0.25, 0.3) is 5.91 Å². The van der Waals surface area contributed by atoms with E-state index in [9.17, 15) is 9.90 Å². The number of amides is 1. The Balaban J connectivity index is 1.73. The molecule has 0 aromatic carbocycles. The molecule has 2 heterocycles. The number of thiophene rings is 1. The Labute approximate surface area is 124 Å². The SMILES string of the molecule is O=C(c1cc2c(s1)CCCCCC2)N1CCC(CO)C1. The molecular weight excluding hydrogens is 270 g/mol. The molecule has 1 saturated heterocycles. The van der Waals surface area contributed by atoms with E-state index in [1.807, 2.05) is 4.90 Å².